The van der Waals surface area contributed by atoms with Crippen molar-refractivity contribution in [1.82, 2.24) is 0 Å². The third-order valence-corrected chi connectivity index (χ3v) is 2.90. The number of Topliss-reactive ketones (excluding diaryl/α,β-unsaturated/α-hetero) is 1. The Morgan fingerprint density at radius 2 is 1.75 bits per heavy atom. The van der Waals surface area contributed by atoms with Gasteiger partial charge in [0.15, 0.2) is 6.23 Å². The van der Waals surface area contributed by atoms with Crippen molar-refractivity contribution >= 4 is 5.78 Å². The molecule has 0 spiro atoms. The fourth-order valence-corrected chi connectivity index (χ4v) is 1.73. The van der Waals surface area contributed by atoms with Gasteiger partial charge in [-0.05, 0) is 29.8 Å². The summed E-state index contributed by atoms with van der Waals surface area (Å²) in [4.78, 5) is 11.8. The Balaban J connectivity index is 1.96. The van der Waals surface area contributed by atoms with Gasteiger partial charge in [-0.15, -0.1) is 0 Å². The van der Waals surface area contributed by atoms with Crippen LogP contribution in [0, 0.1) is 0 Å². The number of ketones is 1. The zero-order valence-electron chi connectivity index (χ0n) is 11.3. The molecule has 1 atom stereocenters. The van der Waals surface area contributed by atoms with Crippen molar-refractivity contribution in [2.24, 2.45) is 5.73 Å². The standard InChI is InChI=1S/C16H17NO3/c1-19-16(17)15(18)13-7-9-14(10-8-13)20-11-12-5-3-2-4-6-12/h2-10,16H,11,17H2,1H3. The van der Waals surface area contributed by atoms with Crippen LogP contribution in [0.15, 0.2) is 54.6 Å². The average Bonchev–Trinajstić information content (AvgIpc) is 2.53. The quantitative estimate of drug-likeness (QED) is 0.647. The fourth-order valence-electron chi connectivity index (χ4n) is 1.73. The van der Waals surface area contributed by atoms with Crippen LogP contribution in [0.4, 0.5) is 0 Å². The Morgan fingerprint density at radius 3 is 2.35 bits per heavy atom. The monoisotopic (exact) mass is 271 g/mol. The number of rotatable bonds is 6. The summed E-state index contributed by atoms with van der Waals surface area (Å²) in [7, 11) is 1.40. The van der Waals surface area contributed by atoms with Gasteiger partial charge in [0, 0.05) is 12.7 Å². The van der Waals surface area contributed by atoms with E-state index in [0.29, 0.717) is 17.9 Å². The molecule has 0 aromatic heterocycles. The lowest BCUT2D eigenvalue weighted by atomic mass is 10.1. The van der Waals surface area contributed by atoms with E-state index in [1.54, 1.807) is 24.3 Å². The van der Waals surface area contributed by atoms with Crippen molar-refractivity contribution in [2.45, 2.75) is 12.8 Å². The second kappa shape index (κ2) is 6.84. The largest absolute Gasteiger partial charge is 0.489 e. The fraction of sp³-hybridized carbons (Fsp3) is 0.188. The molecule has 0 aliphatic heterocycles. The van der Waals surface area contributed by atoms with Gasteiger partial charge < -0.3 is 9.47 Å². The highest BCUT2D eigenvalue weighted by molar-refractivity contribution is 5.99. The van der Waals surface area contributed by atoms with Crippen LogP contribution >= 0.6 is 0 Å². The summed E-state index contributed by atoms with van der Waals surface area (Å²) in [6.07, 6.45) is -0.925. The molecule has 4 nitrogen and oxygen atoms in total. The highest BCUT2D eigenvalue weighted by Crippen LogP contribution is 2.15. The zero-order chi connectivity index (χ0) is 14.4. The minimum absolute atomic E-state index is 0.248. The predicted octanol–water partition coefficient (Wildman–Crippen LogP) is 2.38. The van der Waals surface area contributed by atoms with Gasteiger partial charge in [-0.2, -0.15) is 0 Å². The molecule has 2 N–H and O–H groups in total. The summed E-state index contributed by atoms with van der Waals surface area (Å²) in [5.74, 6) is 0.457. The first-order valence-corrected chi connectivity index (χ1v) is 6.30. The van der Waals surface area contributed by atoms with Gasteiger partial charge in [-0.3, -0.25) is 10.5 Å². The molecule has 2 aromatic rings. The molecule has 1 unspecified atom stereocenters. The highest BCUT2D eigenvalue weighted by Gasteiger charge is 2.14. The van der Waals surface area contributed by atoms with Crippen LogP contribution in [0.5, 0.6) is 5.75 Å². The molecule has 2 rings (SSSR count). The number of carbonyl (C=O) groups excluding carboxylic acids is 1. The summed E-state index contributed by atoms with van der Waals surface area (Å²) in [5.41, 5.74) is 7.12. The van der Waals surface area contributed by atoms with Crippen molar-refractivity contribution in [3.63, 3.8) is 0 Å². The molecule has 2 aromatic carbocycles. The van der Waals surface area contributed by atoms with Crippen molar-refractivity contribution < 1.29 is 14.3 Å². The molecular weight excluding hydrogens is 254 g/mol. The van der Waals surface area contributed by atoms with E-state index in [1.807, 2.05) is 30.3 Å². The Kier molecular flexibility index (Phi) is 4.87. The molecule has 4 heteroatoms. The van der Waals surface area contributed by atoms with E-state index in [1.165, 1.54) is 7.11 Å². The third kappa shape index (κ3) is 3.66. The Labute approximate surface area is 118 Å². The number of hydrogen-bond donors (Lipinski definition) is 1. The second-order valence-corrected chi connectivity index (χ2v) is 4.32. The van der Waals surface area contributed by atoms with Gasteiger partial charge in [-0.1, -0.05) is 30.3 Å². The number of methoxy groups -OCH3 is 1. The van der Waals surface area contributed by atoms with Gasteiger partial charge in [0.25, 0.3) is 0 Å². The average molecular weight is 271 g/mol. The van der Waals surface area contributed by atoms with Crippen LogP contribution in [0.2, 0.25) is 0 Å². The first-order chi connectivity index (χ1) is 9.70. The molecular formula is C16H17NO3. The summed E-state index contributed by atoms with van der Waals surface area (Å²) < 4.78 is 10.4. The van der Waals surface area contributed by atoms with Gasteiger partial charge in [-0.25, -0.2) is 0 Å². The van der Waals surface area contributed by atoms with Gasteiger partial charge in [0.2, 0.25) is 5.78 Å². The minimum atomic E-state index is -0.925. The van der Waals surface area contributed by atoms with Crippen LogP contribution in [0.3, 0.4) is 0 Å². The van der Waals surface area contributed by atoms with E-state index < -0.39 is 6.23 Å². The molecule has 0 aliphatic rings. The summed E-state index contributed by atoms with van der Waals surface area (Å²) in [5, 5.41) is 0. The minimum Gasteiger partial charge on any atom is -0.489 e. The summed E-state index contributed by atoms with van der Waals surface area (Å²) in [6, 6.07) is 16.7. The highest BCUT2D eigenvalue weighted by atomic mass is 16.5. The van der Waals surface area contributed by atoms with Gasteiger partial charge in [0.1, 0.15) is 12.4 Å². The molecule has 0 aliphatic carbocycles. The molecule has 20 heavy (non-hydrogen) atoms. The SMILES string of the molecule is COC(N)C(=O)c1ccc(OCc2ccccc2)cc1. The van der Waals surface area contributed by atoms with E-state index in [9.17, 15) is 4.79 Å². The van der Waals surface area contributed by atoms with Crippen molar-refractivity contribution in [3.8, 4) is 5.75 Å². The Bertz CT molecular complexity index is 552. The first-order valence-electron chi connectivity index (χ1n) is 6.30. The molecule has 0 saturated heterocycles. The number of ether oxygens (including phenoxy) is 2. The lowest BCUT2D eigenvalue weighted by Gasteiger charge is -2.09. The van der Waals surface area contributed by atoms with Gasteiger partial charge in [0.05, 0.1) is 0 Å². The van der Waals surface area contributed by atoms with Crippen LogP contribution in [0.25, 0.3) is 0 Å². The van der Waals surface area contributed by atoms with E-state index in [4.69, 9.17) is 15.2 Å². The zero-order valence-corrected chi connectivity index (χ0v) is 11.3. The lowest BCUT2D eigenvalue weighted by Crippen LogP contribution is -2.32. The molecule has 0 saturated carbocycles. The van der Waals surface area contributed by atoms with Crippen molar-refractivity contribution in [1.29, 1.82) is 0 Å². The summed E-state index contributed by atoms with van der Waals surface area (Å²) in [6.45, 7) is 0.492. The van der Waals surface area contributed by atoms with E-state index >= 15 is 0 Å². The van der Waals surface area contributed by atoms with E-state index in [2.05, 4.69) is 0 Å². The molecule has 0 amide bonds. The molecule has 0 radical (unpaired) electrons. The molecule has 0 fully saturated rings. The van der Waals surface area contributed by atoms with Crippen LogP contribution in [-0.4, -0.2) is 19.1 Å². The number of nitrogens with two attached hydrogens (primary N) is 1. The number of hydrogen-bond acceptors (Lipinski definition) is 4. The van der Waals surface area contributed by atoms with Crippen molar-refractivity contribution in [2.75, 3.05) is 7.11 Å². The van der Waals surface area contributed by atoms with Crippen molar-refractivity contribution in [3.05, 3.63) is 65.7 Å². The predicted molar refractivity (Wildman–Crippen MR) is 76.5 cm³/mol. The smallest absolute Gasteiger partial charge is 0.206 e. The first kappa shape index (κ1) is 14.2. The van der Waals surface area contributed by atoms with Crippen LogP contribution in [-0.2, 0) is 11.3 Å². The number of carbonyl (C=O) groups is 1. The molecule has 0 bridgehead atoms. The molecule has 0 heterocycles. The van der Waals surface area contributed by atoms with E-state index in [-0.39, 0.29) is 5.78 Å². The maximum atomic E-state index is 11.8. The van der Waals surface area contributed by atoms with Crippen LogP contribution < -0.4 is 10.5 Å². The number of benzene rings is 2. The van der Waals surface area contributed by atoms with Crippen LogP contribution in [0.1, 0.15) is 15.9 Å². The maximum Gasteiger partial charge on any atom is 0.206 e. The lowest BCUT2D eigenvalue weighted by molar-refractivity contribution is 0.0624. The normalized spacial score (nSPS) is 11.9. The maximum absolute atomic E-state index is 11.8. The topological polar surface area (TPSA) is 61.5 Å². The second-order valence-electron chi connectivity index (χ2n) is 4.32. The summed E-state index contributed by atoms with van der Waals surface area (Å²) >= 11 is 0. The third-order valence-electron chi connectivity index (χ3n) is 2.90. The van der Waals surface area contributed by atoms with E-state index in [0.717, 1.165) is 5.56 Å². The Hall–Kier alpha value is -2.17. The van der Waals surface area contributed by atoms with Gasteiger partial charge >= 0.3 is 0 Å². The Morgan fingerprint density at radius 1 is 1.10 bits per heavy atom. The molecule has 104 valence electrons.